The number of benzene rings is 3. The van der Waals surface area contributed by atoms with Crippen LogP contribution in [-0.2, 0) is 31.6 Å². The van der Waals surface area contributed by atoms with Gasteiger partial charge in [0.1, 0.15) is 11.2 Å². The van der Waals surface area contributed by atoms with Gasteiger partial charge in [-0.1, -0.05) is 84.9 Å². The normalized spacial score (nSPS) is 19.5. The molecule has 2 N–H and O–H groups in total. The quantitative estimate of drug-likeness (QED) is 0.244. The standard InChI is InChI=1S/C42H46N4O6/c1-41(2,3)52-39(50)35(28-14-7-5-8-15-28)44-40(51)42(29-16-9-6-10-17-29)24-21-32(31-18-11-12-20-34(31)42)38(49)46-26-22-30(23-27-46)43-36(47)33-19-13-25-45(4)37(33)48/h5-20,25,30,32,35H,21-24,26-27H2,1-4H3,(H,43,47)(H,44,51)/t32-,35-,42+/m0/s1. The first-order chi connectivity index (χ1) is 24.9. The number of likely N-dealkylation sites (tertiary alicyclic amines) is 1. The van der Waals surface area contributed by atoms with E-state index in [1.54, 1.807) is 52.2 Å². The average molecular weight is 703 g/mol. The van der Waals surface area contributed by atoms with Gasteiger partial charge in [0.25, 0.3) is 11.5 Å². The number of fused-ring (bicyclic) bond motifs is 1. The van der Waals surface area contributed by atoms with Crippen molar-refractivity contribution in [2.75, 3.05) is 13.1 Å². The predicted molar refractivity (Wildman–Crippen MR) is 198 cm³/mol. The maximum Gasteiger partial charge on any atom is 0.333 e. The van der Waals surface area contributed by atoms with Crippen molar-refractivity contribution >= 4 is 23.7 Å². The molecule has 3 atom stereocenters. The van der Waals surface area contributed by atoms with Gasteiger partial charge in [0.2, 0.25) is 11.8 Å². The van der Waals surface area contributed by atoms with Crippen molar-refractivity contribution in [3.05, 3.63) is 141 Å². The lowest BCUT2D eigenvalue weighted by molar-refractivity contribution is -0.159. The molecule has 0 saturated carbocycles. The largest absolute Gasteiger partial charge is 0.458 e. The number of nitrogens with one attached hydrogen (secondary N) is 2. The summed E-state index contributed by atoms with van der Waals surface area (Å²) in [6, 6.07) is 28.2. The van der Waals surface area contributed by atoms with Gasteiger partial charge in [-0.3, -0.25) is 19.2 Å². The Morgan fingerprint density at radius 1 is 0.827 bits per heavy atom. The third-order valence-electron chi connectivity index (χ3n) is 10.1. The van der Waals surface area contributed by atoms with E-state index in [-0.39, 0.29) is 29.0 Å². The summed E-state index contributed by atoms with van der Waals surface area (Å²) in [4.78, 5) is 70.0. The van der Waals surface area contributed by atoms with Crippen molar-refractivity contribution in [3.63, 3.8) is 0 Å². The number of amides is 3. The van der Waals surface area contributed by atoms with Crippen molar-refractivity contribution in [1.82, 2.24) is 20.1 Å². The molecule has 1 saturated heterocycles. The minimum Gasteiger partial charge on any atom is -0.458 e. The van der Waals surface area contributed by atoms with Gasteiger partial charge in [-0.25, -0.2) is 4.79 Å². The van der Waals surface area contributed by atoms with Crippen LogP contribution < -0.4 is 16.2 Å². The molecule has 10 nitrogen and oxygen atoms in total. The summed E-state index contributed by atoms with van der Waals surface area (Å²) in [6.45, 7) is 6.28. The highest BCUT2D eigenvalue weighted by Crippen LogP contribution is 2.48. The fraction of sp³-hybridized carbons (Fsp3) is 0.357. The van der Waals surface area contributed by atoms with Crippen LogP contribution in [0, 0.1) is 0 Å². The van der Waals surface area contributed by atoms with Crippen LogP contribution in [0.2, 0.25) is 0 Å². The van der Waals surface area contributed by atoms with Crippen molar-refractivity contribution in [3.8, 4) is 0 Å². The van der Waals surface area contributed by atoms with E-state index in [0.717, 1.165) is 16.7 Å². The maximum atomic E-state index is 14.9. The van der Waals surface area contributed by atoms with Gasteiger partial charge >= 0.3 is 5.97 Å². The molecule has 2 aliphatic rings. The lowest BCUT2D eigenvalue weighted by Crippen LogP contribution is -2.52. The molecule has 0 spiro atoms. The number of ether oxygens (including phenoxy) is 1. The van der Waals surface area contributed by atoms with E-state index in [1.807, 2.05) is 77.7 Å². The Labute approximate surface area is 304 Å². The SMILES string of the molecule is Cn1cccc(C(=O)NC2CCN(C(=O)[C@H]3CC[C@@](C(=O)N[C@H](C(=O)OC(C)(C)C)c4ccccc4)(c4ccccc4)c4ccccc43)CC2)c1=O. The van der Waals surface area contributed by atoms with Gasteiger partial charge in [0.15, 0.2) is 6.04 Å². The van der Waals surface area contributed by atoms with Crippen LogP contribution in [0.4, 0.5) is 0 Å². The smallest absolute Gasteiger partial charge is 0.333 e. The zero-order valence-corrected chi connectivity index (χ0v) is 30.1. The molecule has 4 aromatic rings. The van der Waals surface area contributed by atoms with E-state index < -0.39 is 34.9 Å². The summed E-state index contributed by atoms with van der Waals surface area (Å²) in [5.41, 5.74) is 0.668. The Morgan fingerprint density at radius 2 is 1.46 bits per heavy atom. The fourth-order valence-electron chi connectivity index (χ4n) is 7.52. The number of nitrogens with zero attached hydrogens (tertiary/aromatic N) is 2. The molecule has 0 radical (unpaired) electrons. The number of aryl methyl sites for hydroxylation is 1. The maximum absolute atomic E-state index is 14.9. The van der Waals surface area contributed by atoms with E-state index in [0.29, 0.717) is 44.3 Å². The van der Waals surface area contributed by atoms with Crippen LogP contribution in [0.3, 0.4) is 0 Å². The number of aromatic nitrogens is 1. The minimum absolute atomic E-state index is 0.0212. The Morgan fingerprint density at radius 3 is 2.13 bits per heavy atom. The zero-order valence-electron chi connectivity index (χ0n) is 30.1. The van der Waals surface area contributed by atoms with Gasteiger partial charge in [0.05, 0.1) is 11.3 Å². The summed E-state index contributed by atoms with van der Waals surface area (Å²) < 4.78 is 7.16. The molecule has 1 fully saturated rings. The first-order valence-corrected chi connectivity index (χ1v) is 17.9. The molecule has 270 valence electrons. The Balaban J connectivity index is 1.26. The number of rotatable bonds is 8. The number of pyridine rings is 1. The first kappa shape index (κ1) is 36.3. The van der Waals surface area contributed by atoms with Gasteiger partial charge in [0, 0.05) is 32.4 Å². The number of hydrogen-bond acceptors (Lipinski definition) is 6. The third kappa shape index (κ3) is 7.42. The second-order valence-corrected chi connectivity index (χ2v) is 14.7. The third-order valence-corrected chi connectivity index (χ3v) is 10.1. The summed E-state index contributed by atoms with van der Waals surface area (Å²) in [6.07, 6.45) is 3.47. The van der Waals surface area contributed by atoms with Crippen LogP contribution in [0.25, 0.3) is 0 Å². The second kappa shape index (κ2) is 15.0. The minimum atomic E-state index is -1.19. The number of piperidine rings is 1. The van der Waals surface area contributed by atoms with Crippen molar-refractivity contribution in [2.45, 2.75) is 75.5 Å². The second-order valence-electron chi connectivity index (χ2n) is 14.7. The molecule has 0 unspecified atom stereocenters. The molecule has 3 aromatic carbocycles. The Kier molecular flexibility index (Phi) is 10.5. The molecule has 52 heavy (non-hydrogen) atoms. The number of hydrogen-bond donors (Lipinski definition) is 2. The van der Waals surface area contributed by atoms with E-state index in [4.69, 9.17) is 4.74 Å². The van der Waals surface area contributed by atoms with Crippen LogP contribution in [0.15, 0.2) is 108 Å². The summed E-state index contributed by atoms with van der Waals surface area (Å²) in [5.74, 6) is -1.81. The van der Waals surface area contributed by atoms with Gasteiger partial charge in [-0.2, -0.15) is 0 Å². The summed E-state index contributed by atoms with van der Waals surface area (Å²) in [7, 11) is 1.61. The van der Waals surface area contributed by atoms with Crippen LogP contribution in [-0.4, -0.2) is 57.9 Å². The van der Waals surface area contributed by atoms with Crippen molar-refractivity contribution in [2.24, 2.45) is 7.05 Å². The lowest BCUT2D eigenvalue weighted by Gasteiger charge is -2.43. The van der Waals surface area contributed by atoms with Gasteiger partial charge in [-0.15, -0.1) is 0 Å². The monoisotopic (exact) mass is 702 g/mol. The fourth-order valence-corrected chi connectivity index (χ4v) is 7.52. The molecule has 1 aromatic heterocycles. The van der Waals surface area contributed by atoms with E-state index >= 15 is 0 Å². The van der Waals surface area contributed by atoms with Crippen molar-refractivity contribution in [1.29, 1.82) is 0 Å². The summed E-state index contributed by atoms with van der Waals surface area (Å²) >= 11 is 0. The highest BCUT2D eigenvalue weighted by molar-refractivity contribution is 5.97. The molecule has 1 aliphatic heterocycles. The molecule has 0 bridgehead atoms. The van der Waals surface area contributed by atoms with Crippen LogP contribution in [0.5, 0.6) is 0 Å². The molecular weight excluding hydrogens is 656 g/mol. The first-order valence-electron chi connectivity index (χ1n) is 17.9. The Hall–Kier alpha value is -5.51. The van der Waals surface area contributed by atoms with E-state index in [1.165, 1.54) is 10.6 Å². The van der Waals surface area contributed by atoms with Crippen molar-refractivity contribution < 1.29 is 23.9 Å². The topological polar surface area (TPSA) is 127 Å². The van der Waals surface area contributed by atoms with E-state index in [2.05, 4.69) is 10.6 Å². The van der Waals surface area contributed by atoms with Gasteiger partial charge in [-0.05, 0) is 80.8 Å². The molecular formula is C42H46N4O6. The van der Waals surface area contributed by atoms with E-state index in [9.17, 15) is 24.0 Å². The number of carbonyl (C=O) groups is 4. The Bertz CT molecular complexity index is 2000. The molecule has 1 aliphatic carbocycles. The highest BCUT2D eigenvalue weighted by atomic mass is 16.6. The lowest BCUT2D eigenvalue weighted by atomic mass is 9.62. The predicted octanol–water partition coefficient (Wildman–Crippen LogP) is 5.17. The average Bonchev–Trinajstić information content (AvgIpc) is 3.14. The molecule has 2 heterocycles. The highest BCUT2D eigenvalue weighted by Gasteiger charge is 2.50. The van der Waals surface area contributed by atoms with Crippen LogP contribution in [0.1, 0.15) is 91.0 Å². The zero-order chi connectivity index (χ0) is 37.0. The summed E-state index contributed by atoms with van der Waals surface area (Å²) in [5, 5.41) is 6.07. The molecule has 10 heteroatoms. The number of esters is 1. The molecule has 3 amide bonds. The van der Waals surface area contributed by atoms with Gasteiger partial charge < -0.3 is 24.8 Å². The molecule has 6 rings (SSSR count). The van der Waals surface area contributed by atoms with Crippen LogP contribution >= 0.6 is 0 Å². The number of carbonyl (C=O) groups excluding carboxylic acids is 4.